The SMILES string of the molecule is CCN(CCO)CCO.NN. The van der Waals surface area contributed by atoms with E-state index >= 15 is 0 Å². The molecule has 6 N–H and O–H groups in total. The molecule has 0 amide bonds. The van der Waals surface area contributed by atoms with Crippen LogP contribution in [0.1, 0.15) is 6.92 Å². The molecule has 0 aromatic heterocycles. The number of aliphatic hydroxyl groups excluding tert-OH is 2. The van der Waals surface area contributed by atoms with Crippen molar-refractivity contribution < 1.29 is 10.2 Å². The maximum absolute atomic E-state index is 8.47. The Balaban J connectivity index is 0. The van der Waals surface area contributed by atoms with Crippen molar-refractivity contribution in [2.45, 2.75) is 6.92 Å². The molecular weight excluding hydrogens is 146 g/mol. The Morgan fingerprint density at radius 1 is 1.09 bits per heavy atom. The van der Waals surface area contributed by atoms with Gasteiger partial charge in [0.25, 0.3) is 0 Å². The van der Waals surface area contributed by atoms with Crippen LogP contribution in [0.15, 0.2) is 0 Å². The van der Waals surface area contributed by atoms with Gasteiger partial charge in [0.15, 0.2) is 0 Å². The zero-order valence-electron chi connectivity index (χ0n) is 7.03. The molecule has 0 saturated heterocycles. The fraction of sp³-hybridized carbons (Fsp3) is 1.00. The quantitative estimate of drug-likeness (QED) is 0.282. The van der Waals surface area contributed by atoms with Gasteiger partial charge in [-0.3, -0.25) is 16.6 Å². The van der Waals surface area contributed by atoms with Crippen molar-refractivity contribution in [1.82, 2.24) is 4.90 Å². The number of rotatable bonds is 5. The predicted molar refractivity (Wildman–Crippen MR) is 44.7 cm³/mol. The minimum atomic E-state index is 0.174. The average Bonchev–Trinajstić information content (AvgIpc) is 2.08. The Hall–Kier alpha value is -0.200. The zero-order valence-corrected chi connectivity index (χ0v) is 7.03. The highest BCUT2D eigenvalue weighted by molar-refractivity contribution is 4.51. The summed E-state index contributed by atoms with van der Waals surface area (Å²) in [6, 6.07) is 0. The maximum atomic E-state index is 8.47. The number of nitrogens with zero attached hydrogens (tertiary/aromatic N) is 1. The minimum absolute atomic E-state index is 0.174. The highest BCUT2D eigenvalue weighted by atomic mass is 16.3. The number of likely N-dealkylation sites (N-methyl/N-ethyl adjacent to an activating group) is 1. The molecular formula is C6H19N3O2. The van der Waals surface area contributed by atoms with E-state index in [1.807, 2.05) is 11.8 Å². The summed E-state index contributed by atoms with van der Waals surface area (Å²) in [5.74, 6) is 8.00. The largest absolute Gasteiger partial charge is 0.395 e. The Labute approximate surface area is 67.6 Å². The molecule has 0 unspecified atom stereocenters. The first-order valence-corrected chi connectivity index (χ1v) is 3.62. The van der Waals surface area contributed by atoms with Gasteiger partial charge >= 0.3 is 0 Å². The van der Waals surface area contributed by atoms with E-state index in [0.29, 0.717) is 13.1 Å². The lowest BCUT2D eigenvalue weighted by molar-refractivity contribution is 0.166. The molecule has 0 spiro atoms. The second-order valence-electron chi connectivity index (χ2n) is 1.88. The smallest absolute Gasteiger partial charge is 0.0558 e. The van der Waals surface area contributed by atoms with Crippen LogP contribution < -0.4 is 11.7 Å². The van der Waals surface area contributed by atoms with Crippen LogP contribution in [-0.4, -0.2) is 48.0 Å². The van der Waals surface area contributed by atoms with Gasteiger partial charge in [-0.1, -0.05) is 6.92 Å². The molecule has 0 aliphatic heterocycles. The summed E-state index contributed by atoms with van der Waals surface area (Å²) >= 11 is 0. The molecule has 11 heavy (non-hydrogen) atoms. The molecule has 0 heterocycles. The fourth-order valence-electron chi connectivity index (χ4n) is 0.711. The topological polar surface area (TPSA) is 95.7 Å². The molecule has 0 rings (SSSR count). The molecule has 0 aromatic rings. The Morgan fingerprint density at radius 3 is 1.64 bits per heavy atom. The van der Waals surface area contributed by atoms with Crippen LogP contribution in [0, 0.1) is 0 Å². The van der Waals surface area contributed by atoms with E-state index in [2.05, 4.69) is 11.7 Å². The number of nitrogens with two attached hydrogens (primary N) is 2. The Kier molecular flexibility index (Phi) is 15.2. The lowest BCUT2D eigenvalue weighted by Gasteiger charge is -2.16. The molecule has 0 bridgehead atoms. The molecule has 5 nitrogen and oxygen atoms in total. The van der Waals surface area contributed by atoms with Crippen molar-refractivity contribution in [3.8, 4) is 0 Å². The van der Waals surface area contributed by atoms with Gasteiger partial charge in [0, 0.05) is 13.1 Å². The predicted octanol–water partition coefficient (Wildman–Crippen LogP) is -1.89. The monoisotopic (exact) mass is 165 g/mol. The highest BCUT2D eigenvalue weighted by Crippen LogP contribution is 1.83. The Bertz CT molecular complexity index is 57.8. The van der Waals surface area contributed by atoms with Crippen LogP contribution in [0.3, 0.4) is 0 Å². The van der Waals surface area contributed by atoms with Crippen LogP contribution in [0.2, 0.25) is 0 Å². The Morgan fingerprint density at radius 2 is 1.45 bits per heavy atom. The summed E-state index contributed by atoms with van der Waals surface area (Å²) in [7, 11) is 0. The lowest BCUT2D eigenvalue weighted by atomic mass is 10.5. The first-order chi connectivity index (χ1) is 5.35. The van der Waals surface area contributed by atoms with E-state index < -0.39 is 0 Å². The van der Waals surface area contributed by atoms with Crippen LogP contribution in [-0.2, 0) is 0 Å². The minimum Gasteiger partial charge on any atom is -0.395 e. The van der Waals surface area contributed by atoms with Crippen LogP contribution in [0.4, 0.5) is 0 Å². The van der Waals surface area contributed by atoms with Gasteiger partial charge < -0.3 is 10.2 Å². The molecule has 5 heteroatoms. The number of hydrazine groups is 1. The summed E-state index contributed by atoms with van der Waals surface area (Å²) in [5, 5.41) is 16.9. The third-order valence-corrected chi connectivity index (χ3v) is 1.28. The fourth-order valence-corrected chi connectivity index (χ4v) is 0.711. The number of hydrogen-bond acceptors (Lipinski definition) is 5. The molecule has 0 fully saturated rings. The van der Waals surface area contributed by atoms with E-state index in [4.69, 9.17) is 10.2 Å². The van der Waals surface area contributed by atoms with E-state index in [1.165, 1.54) is 0 Å². The van der Waals surface area contributed by atoms with Crippen LogP contribution in [0.5, 0.6) is 0 Å². The molecule has 0 atom stereocenters. The second-order valence-corrected chi connectivity index (χ2v) is 1.88. The van der Waals surface area contributed by atoms with Gasteiger partial charge in [-0.2, -0.15) is 0 Å². The highest BCUT2D eigenvalue weighted by Gasteiger charge is 1.97. The van der Waals surface area contributed by atoms with Crippen molar-refractivity contribution in [3.05, 3.63) is 0 Å². The van der Waals surface area contributed by atoms with Gasteiger partial charge in [0.2, 0.25) is 0 Å². The number of aliphatic hydroxyl groups is 2. The third-order valence-electron chi connectivity index (χ3n) is 1.28. The van der Waals surface area contributed by atoms with Crippen molar-refractivity contribution in [3.63, 3.8) is 0 Å². The van der Waals surface area contributed by atoms with Gasteiger partial charge in [-0.05, 0) is 6.54 Å². The average molecular weight is 165 g/mol. The van der Waals surface area contributed by atoms with Crippen molar-refractivity contribution in [1.29, 1.82) is 0 Å². The molecule has 0 aliphatic carbocycles. The summed E-state index contributed by atoms with van der Waals surface area (Å²) in [6.45, 7) is 4.57. The standard InChI is InChI=1S/C6H15NO2.H4N2/c1-2-7(3-5-8)4-6-9;1-2/h8-9H,2-6H2,1H3;1-2H2. The third kappa shape index (κ3) is 9.80. The summed E-state index contributed by atoms with van der Waals surface area (Å²) in [5.41, 5.74) is 0. The van der Waals surface area contributed by atoms with Gasteiger partial charge in [-0.25, -0.2) is 0 Å². The molecule has 0 aliphatic rings. The number of hydrogen-bond donors (Lipinski definition) is 4. The van der Waals surface area contributed by atoms with Crippen molar-refractivity contribution in [2.75, 3.05) is 32.8 Å². The lowest BCUT2D eigenvalue weighted by Crippen LogP contribution is -2.29. The summed E-state index contributed by atoms with van der Waals surface area (Å²) in [4.78, 5) is 1.99. The normalized spacial score (nSPS) is 9.27. The van der Waals surface area contributed by atoms with Gasteiger partial charge in [-0.15, -0.1) is 0 Å². The van der Waals surface area contributed by atoms with Gasteiger partial charge in [0.1, 0.15) is 0 Å². The van der Waals surface area contributed by atoms with Crippen LogP contribution in [0.25, 0.3) is 0 Å². The van der Waals surface area contributed by atoms with Crippen LogP contribution >= 0.6 is 0 Å². The first-order valence-electron chi connectivity index (χ1n) is 3.62. The molecule has 70 valence electrons. The first kappa shape index (κ1) is 13.4. The van der Waals surface area contributed by atoms with Gasteiger partial charge in [0.05, 0.1) is 13.2 Å². The van der Waals surface area contributed by atoms with Crippen molar-refractivity contribution >= 4 is 0 Å². The molecule has 0 radical (unpaired) electrons. The van der Waals surface area contributed by atoms with E-state index in [-0.39, 0.29) is 13.2 Å². The summed E-state index contributed by atoms with van der Waals surface area (Å²) in [6.07, 6.45) is 0. The van der Waals surface area contributed by atoms with E-state index in [1.54, 1.807) is 0 Å². The maximum Gasteiger partial charge on any atom is 0.0558 e. The second kappa shape index (κ2) is 12.5. The molecule has 0 saturated carbocycles. The van der Waals surface area contributed by atoms with E-state index in [9.17, 15) is 0 Å². The zero-order chi connectivity index (χ0) is 9.11. The molecule has 0 aromatic carbocycles. The van der Waals surface area contributed by atoms with Crippen molar-refractivity contribution in [2.24, 2.45) is 11.7 Å². The summed E-state index contributed by atoms with van der Waals surface area (Å²) < 4.78 is 0. The van der Waals surface area contributed by atoms with E-state index in [0.717, 1.165) is 6.54 Å².